The van der Waals surface area contributed by atoms with Crippen LogP contribution in [0.3, 0.4) is 0 Å². The molecule has 0 amide bonds. The normalized spacial score (nSPS) is 11.5. The van der Waals surface area contributed by atoms with Crippen molar-refractivity contribution in [1.29, 1.82) is 0 Å². The van der Waals surface area contributed by atoms with Crippen molar-refractivity contribution in [2.75, 3.05) is 4.90 Å². The third kappa shape index (κ3) is 7.42. The highest BCUT2D eigenvalue weighted by Crippen LogP contribution is 2.35. The Labute approximate surface area is 244 Å². The standard InChI is InChI=1S/C34H31N3O5/c1-22-6-8-29(9-7-22)34(40)30-14-20-33(21-15-30)37(31-16-10-27(11-17-31)23(2)35-41-25(4)38)32-18-12-28(13-19-32)24(3)36-42-26(5)39/h6-21H,1-5H3/b35-23+,36-24+. The van der Waals surface area contributed by atoms with Crippen molar-refractivity contribution in [1.82, 2.24) is 0 Å². The summed E-state index contributed by atoms with van der Waals surface area (Å²) in [6.45, 7) is 8.10. The zero-order valence-corrected chi connectivity index (χ0v) is 24.1. The number of rotatable bonds is 9. The topological polar surface area (TPSA) is 97.6 Å². The Morgan fingerprint density at radius 1 is 0.500 bits per heavy atom. The van der Waals surface area contributed by atoms with Crippen molar-refractivity contribution in [2.24, 2.45) is 10.3 Å². The van der Waals surface area contributed by atoms with E-state index in [1.165, 1.54) is 13.8 Å². The first-order chi connectivity index (χ1) is 20.1. The predicted molar refractivity (Wildman–Crippen MR) is 164 cm³/mol. The van der Waals surface area contributed by atoms with E-state index in [-0.39, 0.29) is 5.78 Å². The maximum absolute atomic E-state index is 13.1. The van der Waals surface area contributed by atoms with Crippen LogP contribution in [-0.4, -0.2) is 29.1 Å². The number of hydrogen-bond acceptors (Lipinski definition) is 8. The SMILES string of the molecule is CC(=O)O/N=C(\C)c1ccc(N(c2ccc(C(=O)c3ccc(C)cc3)cc2)c2ccc(/C(C)=N/OC(C)=O)cc2)cc1. The zero-order valence-electron chi connectivity index (χ0n) is 24.1. The van der Waals surface area contributed by atoms with Gasteiger partial charge in [-0.05, 0) is 80.4 Å². The number of hydrogen-bond donors (Lipinski definition) is 0. The van der Waals surface area contributed by atoms with Crippen molar-refractivity contribution >= 4 is 46.2 Å². The lowest BCUT2D eigenvalue weighted by Gasteiger charge is -2.26. The molecule has 0 fully saturated rings. The quantitative estimate of drug-likeness (QED) is 0.0923. The van der Waals surface area contributed by atoms with Crippen LogP contribution in [0, 0.1) is 6.92 Å². The second-order valence-electron chi connectivity index (χ2n) is 9.69. The van der Waals surface area contributed by atoms with E-state index in [9.17, 15) is 14.4 Å². The minimum absolute atomic E-state index is 0.0492. The molecule has 212 valence electrons. The van der Waals surface area contributed by atoms with E-state index < -0.39 is 11.9 Å². The van der Waals surface area contributed by atoms with Crippen molar-refractivity contribution in [2.45, 2.75) is 34.6 Å². The van der Waals surface area contributed by atoms with Crippen LogP contribution in [0.4, 0.5) is 17.1 Å². The summed E-state index contributed by atoms with van der Waals surface area (Å²) in [4.78, 5) is 47.0. The third-order valence-corrected chi connectivity index (χ3v) is 6.41. The van der Waals surface area contributed by atoms with Gasteiger partial charge in [0.1, 0.15) is 0 Å². The molecule has 0 aliphatic rings. The van der Waals surface area contributed by atoms with Crippen molar-refractivity contribution in [3.05, 3.63) is 125 Å². The Kier molecular flexibility index (Phi) is 9.39. The lowest BCUT2D eigenvalue weighted by Crippen LogP contribution is -2.11. The van der Waals surface area contributed by atoms with Gasteiger partial charge in [0, 0.05) is 42.0 Å². The van der Waals surface area contributed by atoms with Gasteiger partial charge >= 0.3 is 11.9 Å². The van der Waals surface area contributed by atoms with E-state index in [0.29, 0.717) is 22.6 Å². The Bertz CT molecular complexity index is 1560. The molecule has 0 heterocycles. The number of carbonyl (C=O) groups is 3. The van der Waals surface area contributed by atoms with Crippen LogP contribution < -0.4 is 4.90 Å². The van der Waals surface area contributed by atoms with Crippen LogP contribution in [0.5, 0.6) is 0 Å². The maximum Gasteiger partial charge on any atom is 0.331 e. The lowest BCUT2D eigenvalue weighted by atomic mass is 10.0. The van der Waals surface area contributed by atoms with Gasteiger partial charge in [0.05, 0.1) is 11.4 Å². The average molecular weight is 562 g/mol. The molecule has 0 bridgehead atoms. The molecule has 0 radical (unpaired) electrons. The molecule has 0 aliphatic heterocycles. The lowest BCUT2D eigenvalue weighted by molar-refractivity contribution is -0.141. The van der Waals surface area contributed by atoms with Crippen LogP contribution >= 0.6 is 0 Å². The number of nitrogens with zero attached hydrogens (tertiary/aromatic N) is 3. The molecule has 8 nitrogen and oxygen atoms in total. The molecular formula is C34H31N3O5. The molecule has 4 aromatic carbocycles. The molecule has 0 N–H and O–H groups in total. The molecule has 0 atom stereocenters. The number of carbonyl (C=O) groups excluding carboxylic acids is 3. The molecule has 0 saturated heterocycles. The van der Waals surface area contributed by atoms with Gasteiger partial charge < -0.3 is 14.6 Å². The summed E-state index contributed by atoms with van der Waals surface area (Å²) in [5.74, 6) is -1.03. The Hall–Kier alpha value is -5.37. The number of anilines is 3. The first kappa shape index (κ1) is 29.6. The fraction of sp³-hybridized carbons (Fsp3) is 0.147. The number of ketones is 1. The molecule has 4 rings (SSSR count). The summed E-state index contributed by atoms with van der Waals surface area (Å²) < 4.78 is 0. The number of oxime groups is 2. The molecule has 0 spiro atoms. The average Bonchev–Trinajstić information content (AvgIpc) is 3.00. The Morgan fingerprint density at radius 3 is 1.14 bits per heavy atom. The number of aryl methyl sites for hydroxylation is 1. The highest BCUT2D eigenvalue weighted by molar-refractivity contribution is 6.09. The van der Waals surface area contributed by atoms with Gasteiger partial charge in [0.2, 0.25) is 0 Å². The maximum atomic E-state index is 13.1. The van der Waals surface area contributed by atoms with Crippen LogP contribution in [0.2, 0.25) is 0 Å². The molecule has 0 aromatic heterocycles. The molecule has 8 heteroatoms. The van der Waals surface area contributed by atoms with E-state index >= 15 is 0 Å². The van der Waals surface area contributed by atoms with Crippen LogP contribution in [-0.2, 0) is 19.3 Å². The highest BCUT2D eigenvalue weighted by Gasteiger charge is 2.15. The predicted octanol–water partition coefficient (Wildman–Crippen LogP) is 7.27. The summed E-state index contributed by atoms with van der Waals surface area (Å²) in [6.07, 6.45) is 0. The van der Waals surface area contributed by atoms with E-state index in [4.69, 9.17) is 9.68 Å². The first-order valence-corrected chi connectivity index (χ1v) is 13.3. The first-order valence-electron chi connectivity index (χ1n) is 13.3. The highest BCUT2D eigenvalue weighted by atomic mass is 16.7. The Morgan fingerprint density at radius 2 is 0.810 bits per heavy atom. The zero-order chi connectivity index (χ0) is 30.2. The molecular weight excluding hydrogens is 530 g/mol. The second kappa shape index (κ2) is 13.3. The second-order valence-corrected chi connectivity index (χ2v) is 9.69. The van der Waals surface area contributed by atoms with Crippen LogP contribution in [0.25, 0.3) is 0 Å². The van der Waals surface area contributed by atoms with E-state index in [1.807, 2.05) is 109 Å². The van der Waals surface area contributed by atoms with Gasteiger partial charge in [0.25, 0.3) is 0 Å². The minimum atomic E-state index is -0.488. The minimum Gasteiger partial charge on any atom is -0.318 e. The summed E-state index contributed by atoms with van der Waals surface area (Å²) in [7, 11) is 0. The van der Waals surface area contributed by atoms with E-state index in [2.05, 4.69) is 10.3 Å². The number of benzene rings is 4. The van der Waals surface area contributed by atoms with Crippen molar-refractivity contribution in [3.8, 4) is 0 Å². The van der Waals surface area contributed by atoms with Gasteiger partial charge in [-0.15, -0.1) is 0 Å². The van der Waals surface area contributed by atoms with E-state index in [1.54, 1.807) is 13.8 Å². The fourth-order valence-corrected chi connectivity index (χ4v) is 4.15. The summed E-state index contributed by atoms with van der Waals surface area (Å²) in [6, 6.07) is 30.3. The molecule has 4 aromatic rings. The third-order valence-electron chi connectivity index (χ3n) is 6.41. The smallest absolute Gasteiger partial charge is 0.318 e. The molecule has 42 heavy (non-hydrogen) atoms. The summed E-state index contributed by atoms with van der Waals surface area (Å²) in [5.41, 5.74) is 7.59. The summed E-state index contributed by atoms with van der Waals surface area (Å²) in [5, 5.41) is 7.74. The van der Waals surface area contributed by atoms with Gasteiger partial charge in [-0.3, -0.25) is 4.79 Å². The van der Waals surface area contributed by atoms with Crippen molar-refractivity contribution in [3.63, 3.8) is 0 Å². The molecule has 0 saturated carbocycles. The molecule has 0 unspecified atom stereocenters. The van der Waals surface area contributed by atoms with Gasteiger partial charge in [0.15, 0.2) is 5.78 Å². The summed E-state index contributed by atoms with van der Waals surface area (Å²) >= 11 is 0. The van der Waals surface area contributed by atoms with Crippen LogP contribution in [0.15, 0.2) is 107 Å². The Balaban J connectivity index is 1.69. The van der Waals surface area contributed by atoms with Gasteiger partial charge in [-0.1, -0.05) is 64.4 Å². The van der Waals surface area contributed by atoms with Gasteiger partial charge in [-0.25, -0.2) is 9.59 Å². The van der Waals surface area contributed by atoms with Gasteiger partial charge in [-0.2, -0.15) is 0 Å². The monoisotopic (exact) mass is 561 g/mol. The van der Waals surface area contributed by atoms with Crippen molar-refractivity contribution < 1.29 is 24.1 Å². The van der Waals surface area contributed by atoms with E-state index in [0.717, 1.165) is 33.8 Å². The fourth-order valence-electron chi connectivity index (χ4n) is 4.15. The van der Waals surface area contributed by atoms with Crippen LogP contribution in [0.1, 0.15) is 60.3 Å². The largest absolute Gasteiger partial charge is 0.331 e. The molecule has 0 aliphatic carbocycles.